The van der Waals surface area contributed by atoms with Gasteiger partial charge in [-0.15, -0.1) is 0 Å². The van der Waals surface area contributed by atoms with Gasteiger partial charge in [0.25, 0.3) is 0 Å². The quantitative estimate of drug-likeness (QED) is 0.701. The first-order chi connectivity index (χ1) is 7.20. The van der Waals surface area contributed by atoms with Crippen LogP contribution in [0.4, 0.5) is 0 Å². The van der Waals surface area contributed by atoms with Crippen LogP contribution in [0, 0.1) is 11.8 Å². The van der Waals surface area contributed by atoms with Crippen molar-refractivity contribution in [3.8, 4) is 0 Å². The van der Waals surface area contributed by atoms with Crippen molar-refractivity contribution in [3.63, 3.8) is 0 Å². The van der Waals surface area contributed by atoms with E-state index in [-0.39, 0.29) is 0 Å². The molecule has 0 spiro atoms. The van der Waals surface area contributed by atoms with Crippen LogP contribution in [0.2, 0.25) is 0 Å². The predicted molar refractivity (Wildman–Crippen MR) is 67.7 cm³/mol. The van der Waals surface area contributed by atoms with Crippen molar-refractivity contribution in [1.82, 2.24) is 0 Å². The Bertz CT molecular complexity index is 248. The van der Waals surface area contributed by atoms with Crippen LogP contribution in [0.25, 0.3) is 0 Å². The Kier molecular flexibility index (Phi) is 7.06. The lowest BCUT2D eigenvalue weighted by atomic mass is 9.93. The molecule has 0 bridgehead atoms. The van der Waals surface area contributed by atoms with Crippen LogP contribution < -0.4 is 0 Å². The Labute approximate surface area is 94.2 Å². The molecule has 1 heteroatoms. The first kappa shape index (κ1) is 14.2. The molecule has 1 aliphatic rings. The molecule has 0 radical (unpaired) electrons. The summed E-state index contributed by atoms with van der Waals surface area (Å²) in [7, 11) is 0. The van der Waals surface area contributed by atoms with E-state index in [0.717, 1.165) is 6.42 Å². The number of aliphatic hydroxyl groups excluding tert-OH is 1. The maximum atomic E-state index is 9.13. The fraction of sp³-hybridized carbons (Fsp3) is 0.571. The summed E-state index contributed by atoms with van der Waals surface area (Å²) < 4.78 is 0. The lowest BCUT2D eigenvalue weighted by molar-refractivity contribution is 0.206. The number of aliphatic hydroxyl groups is 1. The summed E-state index contributed by atoms with van der Waals surface area (Å²) in [5.41, 5.74) is 2.78. The first-order valence-corrected chi connectivity index (χ1v) is 5.80. The third-order valence-corrected chi connectivity index (χ3v) is 2.91. The van der Waals surface area contributed by atoms with E-state index in [9.17, 15) is 0 Å². The van der Waals surface area contributed by atoms with Gasteiger partial charge in [0.05, 0.1) is 0 Å². The minimum atomic E-state index is 0.296. The van der Waals surface area contributed by atoms with Gasteiger partial charge in [-0.1, -0.05) is 51.2 Å². The van der Waals surface area contributed by atoms with E-state index in [1.807, 2.05) is 19.9 Å². The molecular formula is C14H24O. The number of hydrogen-bond donors (Lipinski definition) is 1. The van der Waals surface area contributed by atoms with Crippen LogP contribution in [0.3, 0.4) is 0 Å². The van der Waals surface area contributed by atoms with Gasteiger partial charge >= 0.3 is 0 Å². The topological polar surface area (TPSA) is 20.2 Å². The van der Waals surface area contributed by atoms with Crippen LogP contribution >= 0.6 is 0 Å². The molecule has 86 valence electrons. The summed E-state index contributed by atoms with van der Waals surface area (Å²) in [5.74, 6) is 0.908. The molecule has 2 unspecified atom stereocenters. The van der Waals surface area contributed by atoms with Gasteiger partial charge in [-0.3, -0.25) is 0 Å². The normalized spacial score (nSPS) is 25.4. The third-order valence-electron chi connectivity index (χ3n) is 2.91. The highest BCUT2D eigenvalue weighted by atomic mass is 16.3. The van der Waals surface area contributed by atoms with Gasteiger partial charge < -0.3 is 5.11 Å². The van der Waals surface area contributed by atoms with Gasteiger partial charge in [0.15, 0.2) is 0 Å². The van der Waals surface area contributed by atoms with E-state index in [1.54, 1.807) is 6.08 Å². The molecular weight excluding hydrogens is 184 g/mol. The number of allylic oxidation sites excluding steroid dienone is 5. The highest BCUT2D eigenvalue weighted by Gasteiger charge is 2.27. The van der Waals surface area contributed by atoms with E-state index < -0.39 is 0 Å². The van der Waals surface area contributed by atoms with Crippen LogP contribution in [-0.2, 0) is 0 Å². The van der Waals surface area contributed by atoms with Crippen LogP contribution in [0.15, 0.2) is 36.0 Å². The average molecular weight is 208 g/mol. The Morgan fingerprint density at radius 2 is 2.07 bits per heavy atom. The Hall–Kier alpha value is -0.820. The minimum absolute atomic E-state index is 0.296. The molecule has 0 aromatic heterocycles. The second kappa shape index (κ2) is 7.47. The summed E-state index contributed by atoms with van der Waals surface area (Å²) in [5, 5.41) is 9.13. The Morgan fingerprint density at radius 1 is 1.47 bits per heavy atom. The predicted octanol–water partition coefficient (Wildman–Crippen LogP) is 3.72. The fourth-order valence-corrected chi connectivity index (χ4v) is 2.02. The lowest BCUT2D eigenvalue weighted by Crippen LogP contribution is -2.10. The van der Waals surface area contributed by atoms with Gasteiger partial charge in [-0.05, 0) is 30.8 Å². The zero-order chi connectivity index (χ0) is 11.8. The molecule has 1 N–H and O–H groups in total. The standard InChI is InChI=1S/C12H18O.C2H6/c1-4-5-6-12-9(2)7-11(8-13)10(12)3;1-2/h4-6,10-11,13H,1,7-8H2,2-3H3;1-2H3/b6-5-;. The van der Waals surface area contributed by atoms with Crippen molar-refractivity contribution in [3.05, 3.63) is 36.0 Å². The Morgan fingerprint density at radius 3 is 2.47 bits per heavy atom. The van der Waals surface area contributed by atoms with E-state index >= 15 is 0 Å². The summed E-state index contributed by atoms with van der Waals surface area (Å²) in [6.45, 7) is 12.3. The minimum Gasteiger partial charge on any atom is -0.396 e. The molecule has 1 rings (SSSR count). The molecule has 0 aromatic rings. The van der Waals surface area contributed by atoms with Gasteiger partial charge in [-0.25, -0.2) is 0 Å². The van der Waals surface area contributed by atoms with Crippen LogP contribution in [0.1, 0.15) is 34.1 Å². The molecule has 0 amide bonds. The molecule has 0 fully saturated rings. The molecule has 0 aromatic carbocycles. The van der Waals surface area contributed by atoms with Gasteiger partial charge in [0.1, 0.15) is 0 Å². The van der Waals surface area contributed by atoms with E-state index in [1.165, 1.54) is 11.1 Å². The molecule has 0 heterocycles. The van der Waals surface area contributed by atoms with Gasteiger partial charge in [-0.2, -0.15) is 0 Å². The van der Waals surface area contributed by atoms with E-state index in [0.29, 0.717) is 18.4 Å². The van der Waals surface area contributed by atoms with Crippen molar-refractivity contribution in [1.29, 1.82) is 0 Å². The molecule has 0 saturated carbocycles. The van der Waals surface area contributed by atoms with Crippen LogP contribution in [0.5, 0.6) is 0 Å². The third kappa shape index (κ3) is 3.67. The second-order valence-corrected chi connectivity index (χ2v) is 3.77. The molecule has 15 heavy (non-hydrogen) atoms. The smallest absolute Gasteiger partial charge is 0.0468 e. The zero-order valence-corrected chi connectivity index (χ0v) is 10.5. The second-order valence-electron chi connectivity index (χ2n) is 3.77. The maximum absolute atomic E-state index is 9.13. The van der Waals surface area contributed by atoms with Crippen molar-refractivity contribution < 1.29 is 5.11 Å². The van der Waals surface area contributed by atoms with Crippen molar-refractivity contribution in [2.45, 2.75) is 34.1 Å². The van der Waals surface area contributed by atoms with E-state index in [4.69, 9.17) is 5.11 Å². The highest BCUT2D eigenvalue weighted by molar-refractivity contribution is 5.33. The molecule has 0 saturated heterocycles. The van der Waals surface area contributed by atoms with Crippen LogP contribution in [-0.4, -0.2) is 11.7 Å². The van der Waals surface area contributed by atoms with Crippen molar-refractivity contribution in [2.24, 2.45) is 11.8 Å². The maximum Gasteiger partial charge on any atom is 0.0468 e. The summed E-state index contributed by atoms with van der Waals surface area (Å²) in [6.07, 6.45) is 6.91. The van der Waals surface area contributed by atoms with Crippen molar-refractivity contribution >= 4 is 0 Å². The highest BCUT2D eigenvalue weighted by Crippen LogP contribution is 2.36. The summed E-state index contributed by atoms with van der Waals surface area (Å²) >= 11 is 0. The largest absolute Gasteiger partial charge is 0.396 e. The average Bonchev–Trinajstić information content (AvgIpc) is 2.54. The zero-order valence-electron chi connectivity index (χ0n) is 10.5. The summed E-state index contributed by atoms with van der Waals surface area (Å²) in [6, 6.07) is 0. The SMILES string of the molecule is C=C/C=C\C1=C(C)CC(CO)C1C.CC. The number of hydrogen-bond acceptors (Lipinski definition) is 1. The van der Waals surface area contributed by atoms with Gasteiger partial charge in [0, 0.05) is 6.61 Å². The molecule has 2 atom stereocenters. The summed E-state index contributed by atoms with van der Waals surface area (Å²) in [4.78, 5) is 0. The monoisotopic (exact) mass is 208 g/mol. The van der Waals surface area contributed by atoms with Crippen molar-refractivity contribution in [2.75, 3.05) is 6.61 Å². The molecule has 0 aliphatic heterocycles. The fourth-order valence-electron chi connectivity index (χ4n) is 2.02. The lowest BCUT2D eigenvalue weighted by Gasteiger charge is -2.13. The van der Waals surface area contributed by atoms with Gasteiger partial charge in [0.2, 0.25) is 0 Å². The Balaban J connectivity index is 0.000000921. The molecule has 1 aliphatic carbocycles. The number of rotatable bonds is 3. The first-order valence-electron chi connectivity index (χ1n) is 5.80. The van der Waals surface area contributed by atoms with E-state index in [2.05, 4.69) is 26.5 Å². The molecule has 1 nitrogen and oxygen atoms in total.